The highest BCUT2D eigenvalue weighted by Gasteiger charge is 2.39. The van der Waals surface area contributed by atoms with Crippen LogP contribution in [0.15, 0.2) is 6.07 Å². The number of hydrogen-bond acceptors (Lipinski definition) is 5. The molecule has 2 unspecified atom stereocenters. The van der Waals surface area contributed by atoms with E-state index in [1.807, 2.05) is 13.0 Å². The van der Waals surface area contributed by atoms with Crippen LogP contribution in [-0.4, -0.2) is 34.9 Å². The number of ether oxygens (including phenoxy) is 1. The van der Waals surface area contributed by atoms with Crippen molar-refractivity contribution >= 4 is 5.82 Å². The normalized spacial score (nSPS) is 28.1. The van der Waals surface area contributed by atoms with Gasteiger partial charge in [-0.05, 0) is 37.8 Å². The van der Waals surface area contributed by atoms with E-state index in [1.165, 1.54) is 5.56 Å². The predicted molar refractivity (Wildman–Crippen MR) is 74.4 cm³/mol. The Kier molecular flexibility index (Phi) is 3.36. The third-order valence-electron chi connectivity index (χ3n) is 4.39. The van der Waals surface area contributed by atoms with E-state index < -0.39 is 5.60 Å². The zero-order valence-corrected chi connectivity index (χ0v) is 11.6. The summed E-state index contributed by atoms with van der Waals surface area (Å²) in [5.74, 6) is 0.584. The van der Waals surface area contributed by atoms with E-state index in [0.29, 0.717) is 31.0 Å². The molecule has 1 aromatic heterocycles. The number of rotatable bonds is 3. The molecule has 2 atom stereocenters. The molecule has 106 valence electrons. The number of hydrogen-bond donors (Lipinski definition) is 2. The number of anilines is 1. The molecule has 1 aliphatic heterocycles. The van der Waals surface area contributed by atoms with Crippen LogP contribution in [0.4, 0.5) is 5.82 Å². The fourth-order valence-electron chi connectivity index (χ4n) is 2.93. The maximum absolute atomic E-state index is 10.5. The van der Waals surface area contributed by atoms with Gasteiger partial charge in [0.15, 0.2) is 0 Å². The fraction of sp³-hybridized carbons (Fsp3) is 0.600. The lowest BCUT2D eigenvalue weighted by molar-refractivity contribution is -0.0176. The van der Waals surface area contributed by atoms with E-state index in [9.17, 15) is 10.4 Å². The second kappa shape index (κ2) is 5.04. The number of nitriles is 1. The first-order valence-corrected chi connectivity index (χ1v) is 7.13. The summed E-state index contributed by atoms with van der Waals surface area (Å²) in [5.41, 5.74) is 1.94. The molecular formula is C15H19N3O2. The number of aliphatic hydroxyl groups is 1. The lowest BCUT2D eigenvalue weighted by Gasteiger charge is -2.26. The lowest BCUT2D eigenvalue weighted by Crippen LogP contribution is -2.43. The third kappa shape index (κ3) is 2.26. The highest BCUT2D eigenvalue weighted by Crippen LogP contribution is 2.28. The summed E-state index contributed by atoms with van der Waals surface area (Å²) in [7, 11) is 0. The minimum atomic E-state index is -0.882. The Hall–Kier alpha value is -1.64. The average molecular weight is 273 g/mol. The molecule has 0 spiro atoms. The van der Waals surface area contributed by atoms with Crippen LogP contribution >= 0.6 is 0 Å². The Morgan fingerprint density at radius 3 is 3.15 bits per heavy atom. The van der Waals surface area contributed by atoms with Crippen LogP contribution in [0.2, 0.25) is 0 Å². The molecule has 1 aromatic rings. The molecule has 0 saturated carbocycles. The summed E-state index contributed by atoms with van der Waals surface area (Å²) in [6.45, 7) is 2.80. The van der Waals surface area contributed by atoms with Gasteiger partial charge >= 0.3 is 0 Å². The van der Waals surface area contributed by atoms with Crippen LogP contribution in [0.1, 0.15) is 36.6 Å². The fourth-order valence-corrected chi connectivity index (χ4v) is 2.93. The summed E-state index contributed by atoms with van der Waals surface area (Å²) >= 11 is 0. The number of aromatic nitrogens is 1. The van der Waals surface area contributed by atoms with Gasteiger partial charge in [0.05, 0.1) is 11.7 Å². The van der Waals surface area contributed by atoms with Crippen molar-refractivity contribution in [3.8, 4) is 6.07 Å². The molecule has 1 saturated heterocycles. The summed E-state index contributed by atoms with van der Waals surface area (Å²) in [6.07, 6.45) is 3.49. The molecule has 0 radical (unpaired) electrons. The number of nitrogens with one attached hydrogen (secondary N) is 1. The third-order valence-corrected chi connectivity index (χ3v) is 4.39. The van der Waals surface area contributed by atoms with Crippen molar-refractivity contribution < 1.29 is 9.84 Å². The van der Waals surface area contributed by atoms with Crippen LogP contribution in [0.3, 0.4) is 0 Å². The van der Waals surface area contributed by atoms with Gasteiger partial charge in [-0.1, -0.05) is 0 Å². The van der Waals surface area contributed by atoms with Crippen molar-refractivity contribution in [2.45, 2.75) is 44.3 Å². The standard InChI is InChI=1S/C15H19N3O2/c1-10-15(19,5-6-20-10)9-17-14-12(8-16)7-11-3-2-4-13(11)18-14/h7,10,19H,2-6,9H2,1H3,(H,17,18). The largest absolute Gasteiger partial charge is 0.385 e. The molecule has 5 heteroatoms. The van der Waals surface area contributed by atoms with Crippen LogP contribution in [0.5, 0.6) is 0 Å². The molecule has 2 aliphatic rings. The molecule has 0 bridgehead atoms. The molecule has 2 N–H and O–H groups in total. The Bertz CT molecular complexity index is 567. The van der Waals surface area contributed by atoms with E-state index in [2.05, 4.69) is 16.4 Å². The van der Waals surface area contributed by atoms with Gasteiger partial charge in [-0.25, -0.2) is 4.98 Å². The van der Waals surface area contributed by atoms with Crippen LogP contribution in [0.25, 0.3) is 0 Å². The monoisotopic (exact) mass is 273 g/mol. The van der Waals surface area contributed by atoms with Gasteiger partial charge < -0.3 is 15.2 Å². The number of aryl methyl sites for hydroxylation is 2. The molecule has 1 aliphatic carbocycles. The van der Waals surface area contributed by atoms with Crippen LogP contribution in [-0.2, 0) is 17.6 Å². The Morgan fingerprint density at radius 1 is 1.60 bits per heavy atom. The molecule has 2 heterocycles. The van der Waals surface area contributed by atoms with Crippen molar-refractivity contribution in [3.05, 3.63) is 22.9 Å². The average Bonchev–Trinajstić information content (AvgIpc) is 3.03. The first-order valence-electron chi connectivity index (χ1n) is 7.13. The number of pyridine rings is 1. The van der Waals surface area contributed by atoms with Gasteiger partial charge in [0.1, 0.15) is 17.5 Å². The molecule has 0 aromatic carbocycles. The first kappa shape index (κ1) is 13.3. The molecular weight excluding hydrogens is 254 g/mol. The molecule has 1 fully saturated rings. The second-order valence-electron chi connectivity index (χ2n) is 5.68. The Labute approximate surface area is 118 Å². The van der Waals surface area contributed by atoms with E-state index in [-0.39, 0.29) is 6.10 Å². The maximum Gasteiger partial charge on any atom is 0.144 e. The van der Waals surface area contributed by atoms with Crippen molar-refractivity contribution in [3.63, 3.8) is 0 Å². The Morgan fingerprint density at radius 2 is 2.45 bits per heavy atom. The molecule has 3 rings (SSSR count). The molecule has 0 amide bonds. The number of nitrogens with zero attached hydrogens (tertiary/aromatic N) is 2. The number of fused-ring (bicyclic) bond motifs is 1. The SMILES string of the molecule is CC1OCCC1(O)CNc1nc2c(cc1C#N)CCC2. The summed E-state index contributed by atoms with van der Waals surface area (Å²) in [6, 6.07) is 4.11. The van der Waals surface area contributed by atoms with Crippen LogP contribution in [0, 0.1) is 11.3 Å². The predicted octanol–water partition coefficient (Wildman–Crippen LogP) is 1.39. The van der Waals surface area contributed by atoms with Crippen molar-refractivity contribution in [1.29, 1.82) is 5.26 Å². The van der Waals surface area contributed by atoms with Crippen molar-refractivity contribution in [2.75, 3.05) is 18.5 Å². The lowest BCUT2D eigenvalue weighted by atomic mass is 9.96. The van der Waals surface area contributed by atoms with E-state index in [1.54, 1.807) is 0 Å². The summed E-state index contributed by atoms with van der Waals surface area (Å²) < 4.78 is 5.41. The Balaban J connectivity index is 1.79. The minimum Gasteiger partial charge on any atom is -0.385 e. The van der Waals surface area contributed by atoms with Gasteiger partial charge in [0.2, 0.25) is 0 Å². The van der Waals surface area contributed by atoms with E-state index in [0.717, 1.165) is 25.0 Å². The zero-order chi connectivity index (χ0) is 14.2. The topological polar surface area (TPSA) is 78.2 Å². The summed E-state index contributed by atoms with van der Waals surface area (Å²) in [4.78, 5) is 4.56. The zero-order valence-electron chi connectivity index (χ0n) is 11.6. The smallest absolute Gasteiger partial charge is 0.144 e. The van der Waals surface area contributed by atoms with Crippen molar-refractivity contribution in [2.24, 2.45) is 0 Å². The van der Waals surface area contributed by atoms with Crippen molar-refractivity contribution in [1.82, 2.24) is 4.98 Å². The first-order chi connectivity index (χ1) is 9.62. The highest BCUT2D eigenvalue weighted by atomic mass is 16.5. The van der Waals surface area contributed by atoms with Gasteiger partial charge in [0, 0.05) is 25.3 Å². The maximum atomic E-state index is 10.5. The van der Waals surface area contributed by atoms with Crippen LogP contribution < -0.4 is 5.32 Å². The molecule has 20 heavy (non-hydrogen) atoms. The quantitative estimate of drug-likeness (QED) is 0.870. The molecule has 5 nitrogen and oxygen atoms in total. The van der Waals surface area contributed by atoms with Gasteiger partial charge in [0.25, 0.3) is 0 Å². The van der Waals surface area contributed by atoms with Gasteiger partial charge in [-0.3, -0.25) is 0 Å². The minimum absolute atomic E-state index is 0.199. The van der Waals surface area contributed by atoms with E-state index in [4.69, 9.17) is 4.74 Å². The second-order valence-corrected chi connectivity index (χ2v) is 5.68. The van der Waals surface area contributed by atoms with E-state index >= 15 is 0 Å². The van der Waals surface area contributed by atoms with Gasteiger partial charge in [-0.2, -0.15) is 5.26 Å². The van der Waals surface area contributed by atoms with Gasteiger partial charge in [-0.15, -0.1) is 0 Å². The summed E-state index contributed by atoms with van der Waals surface area (Å²) in [5, 5.41) is 22.9. The highest BCUT2D eigenvalue weighted by molar-refractivity contribution is 5.55.